The Labute approximate surface area is 166 Å². The van der Waals surface area contributed by atoms with Crippen LogP contribution in [0.3, 0.4) is 0 Å². The lowest BCUT2D eigenvalue weighted by Crippen LogP contribution is -2.16. The molecule has 1 aromatic heterocycles. The van der Waals surface area contributed by atoms with Gasteiger partial charge in [0.25, 0.3) is 10.0 Å². The second kappa shape index (κ2) is 7.04. The van der Waals surface area contributed by atoms with Crippen LogP contribution in [0, 0.1) is 11.3 Å². The van der Waals surface area contributed by atoms with Crippen molar-refractivity contribution in [3.63, 3.8) is 0 Å². The first-order valence-corrected chi connectivity index (χ1v) is 10.2. The van der Waals surface area contributed by atoms with Gasteiger partial charge in [-0.25, -0.2) is 4.79 Å². The Bertz CT molecular complexity index is 1360. The molecule has 1 heterocycles. The highest BCUT2D eigenvalue weighted by Gasteiger charge is 2.26. The topological polar surface area (TPSA) is 113 Å². The third-order valence-electron chi connectivity index (χ3n) is 4.80. The summed E-state index contributed by atoms with van der Waals surface area (Å²) in [4.78, 5) is 11.0. The number of benzene rings is 2. The standard InChI is InChI=1S/C21H15N3O4S/c22-13-16-5-1-4-8-19(16)29(27,28)24-18-7-3-2-6-17(18)20(23-24)14-9-11-15(12-10-14)21(25)26/h1-9,11H,10,12H2,(H,25,26). The molecule has 0 atom stereocenters. The maximum absolute atomic E-state index is 13.3. The molecule has 0 saturated heterocycles. The molecule has 1 N–H and O–H groups in total. The molecule has 1 aliphatic carbocycles. The molecule has 4 rings (SSSR count). The highest BCUT2D eigenvalue weighted by Crippen LogP contribution is 2.33. The lowest BCUT2D eigenvalue weighted by molar-refractivity contribution is -0.132. The van der Waals surface area contributed by atoms with Gasteiger partial charge in [-0.3, -0.25) is 0 Å². The summed E-state index contributed by atoms with van der Waals surface area (Å²) in [6.45, 7) is 0. The molecule has 0 fully saturated rings. The lowest BCUT2D eigenvalue weighted by atomic mass is 9.95. The second-order valence-electron chi connectivity index (χ2n) is 6.51. The van der Waals surface area contributed by atoms with Crippen molar-refractivity contribution in [3.05, 3.63) is 77.5 Å². The number of hydrogen-bond acceptors (Lipinski definition) is 5. The first-order valence-electron chi connectivity index (χ1n) is 8.79. The summed E-state index contributed by atoms with van der Waals surface area (Å²) >= 11 is 0. The summed E-state index contributed by atoms with van der Waals surface area (Å²) in [6, 6.07) is 14.8. The monoisotopic (exact) mass is 405 g/mol. The molecule has 0 spiro atoms. The van der Waals surface area contributed by atoms with Gasteiger partial charge in [0.1, 0.15) is 11.0 Å². The Hall–Kier alpha value is -3.70. The largest absolute Gasteiger partial charge is 0.478 e. The Balaban J connectivity index is 1.93. The number of fused-ring (bicyclic) bond motifs is 1. The number of carboxylic acids is 1. The van der Waals surface area contributed by atoms with E-state index < -0.39 is 16.0 Å². The molecule has 29 heavy (non-hydrogen) atoms. The zero-order valence-electron chi connectivity index (χ0n) is 15.1. The highest BCUT2D eigenvalue weighted by atomic mass is 32.2. The molecule has 144 valence electrons. The summed E-state index contributed by atoms with van der Waals surface area (Å²) < 4.78 is 27.6. The zero-order chi connectivity index (χ0) is 20.6. The van der Waals surface area contributed by atoms with E-state index in [9.17, 15) is 18.5 Å². The molecule has 0 bridgehead atoms. The number of hydrogen-bond donors (Lipinski definition) is 1. The van der Waals surface area contributed by atoms with Crippen LogP contribution in [-0.2, 0) is 14.8 Å². The fourth-order valence-electron chi connectivity index (χ4n) is 3.35. The molecular formula is C21H15N3O4S. The van der Waals surface area contributed by atoms with Crippen molar-refractivity contribution < 1.29 is 18.3 Å². The zero-order valence-corrected chi connectivity index (χ0v) is 15.9. The van der Waals surface area contributed by atoms with Crippen molar-refractivity contribution in [1.82, 2.24) is 9.19 Å². The highest BCUT2D eigenvalue weighted by molar-refractivity contribution is 7.90. The van der Waals surface area contributed by atoms with Crippen molar-refractivity contribution in [3.8, 4) is 6.07 Å². The van der Waals surface area contributed by atoms with Gasteiger partial charge in [0.05, 0.1) is 16.8 Å². The van der Waals surface area contributed by atoms with Crippen molar-refractivity contribution in [2.24, 2.45) is 0 Å². The van der Waals surface area contributed by atoms with Crippen molar-refractivity contribution in [2.45, 2.75) is 17.7 Å². The average molecular weight is 405 g/mol. The Morgan fingerprint density at radius 3 is 2.48 bits per heavy atom. The van der Waals surface area contributed by atoms with Crippen molar-refractivity contribution in [1.29, 1.82) is 5.26 Å². The molecule has 0 unspecified atom stereocenters. The number of aliphatic carboxylic acids is 1. The van der Waals surface area contributed by atoms with E-state index in [0.717, 1.165) is 9.66 Å². The van der Waals surface area contributed by atoms with Gasteiger partial charge in [0.15, 0.2) is 0 Å². The van der Waals surface area contributed by atoms with Gasteiger partial charge in [-0.15, -0.1) is 0 Å². The minimum Gasteiger partial charge on any atom is -0.478 e. The number of para-hydroxylation sites is 1. The maximum Gasteiger partial charge on any atom is 0.331 e. The van der Waals surface area contributed by atoms with E-state index in [0.29, 0.717) is 35.0 Å². The van der Waals surface area contributed by atoms with Gasteiger partial charge >= 0.3 is 5.97 Å². The van der Waals surface area contributed by atoms with E-state index in [4.69, 9.17) is 5.11 Å². The van der Waals surface area contributed by atoms with Crippen LogP contribution in [0.2, 0.25) is 0 Å². The molecule has 3 aromatic rings. The summed E-state index contributed by atoms with van der Waals surface area (Å²) in [7, 11) is -4.10. The van der Waals surface area contributed by atoms with Gasteiger partial charge < -0.3 is 5.11 Å². The third-order valence-corrected chi connectivity index (χ3v) is 6.44. The smallest absolute Gasteiger partial charge is 0.331 e. The first kappa shape index (κ1) is 18.7. The normalized spacial score (nSPS) is 14.2. The van der Waals surface area contributed by atoms with Crippen LogP contribution >= 0.6 is 0 Å². The van der Waals surface area contributed by atoms with Gasteiger partial charge in [-0.05, 0) is 36.6 Å². The molecule has 7 nitrogen and oxygen atoms in total. The van der Waals surface area contributed by atoms with Crippen molar-refractivity contribution in [2.75, 3.05) is 0 Å². The minimum absolute atomic E-state index is 0.0412. The van der Waals surface area contributed by atoms with Gasteiger partial charge in [-0.2, -0.15) is 22.9 Å². The fourth-order valence-corrected chi connectivity index (χ4v) is 4.79. The van der Waals surface area contributed by atoms with E-state index in [1.54, 1.807) is 42.5 Å². The van der Waals surface area contributed by atoms with Crippen LogP contribution < -0.4 is 0 Å². The summed E-state index contributed by atoms with van der Waals surface area (Å²) in [5, 5.41) is 23.5. The van der Waals surface area contributed by atoms with Crippen LogP contribution in [0.4, 0.5) is 0 Å². The number of rotatable bonds is 4. The van der Waals surface area contributed by atoms with Crippen molar-refractivity contribution >= 4 is 32.5 Å². The van der Waals surface area contributed by atoms with Crippen LogP contribution in [0.25, 0.3) is 16.5 Å². The quantitative estimate of drug-likeness (QED) is 0.712. The number of aromatic nitrogens is 2. The van der Waals surface area contributed by atoms with E-state index in [1.807, 2.05) is 6.07 Å². The second-order valence-corrected chi connectivity index (χ2v) is 8.25. The summed E-state index contributed by atoms with van der Waals surface area (Å²) in [5.41, 5.74) is 1.98. The predicted octanol–water partition coefficient (Wildman–Crippen LogP) is 3.33. The molecule has 0 radical (unpaired) electrons. The van der Waals surface area contributed by atoms with Gasteiger partial charge in [-0.1, -0.05) is 42.5 Å². The summed E-state index contributed by atoms with van der Waals surface area (Å²) in [6.07, 6.45) is 3.97. The van der Waals surface area contributed by atoms with E-state index in [-0.39, 0.29) is 10.5 Å². The lowest BCUT2D eigenvalue weighted by Gasteiger charge is -2.10. The SMILES string of the molecule is N#Cc1ccccc1S(=O)(=O)n1nc(C2=CC=C(C(=O)O)CC2)c2ccccc21. The van der Waals surface area contributed by atoms with E-state index in [1.165, 1.54) is 18.2 Å². The van der Waals surface area contributed by atoms with Crippen LogP contribution in [0.1, 0.15) is 24.1 Å². The molecule has 0 aliphatic heterocycles. The molecular weight excluding hydrogens is 390 g/mol. The number of nitriles is 1. The third kappa shape index (κ3) is 3.11. The molecule has 8 heteroatoms. The number of nitrogens with zero attached hydrogens (tertiary/aromatic N) is 3. The van der Waals surface area contributed by atoms with Gasteiger partial charge in [0.2, 0.25) is 0 Å². The predicted molar refractivity (Wildman–Crippen MR) is 106 cm³/mol. The van der Waals surface area contributed by atoms with Gasteiger partial charge in [0, 0.05) is 11.0 Å². The molecule has 0 saturated carbocycles. The summed E-state index contributed by atoms with van der Waals surface area (Å²) in [5.74, 6) is -0.966. The molecule has 0 amide bonds. The first-order chi connectivity index (χ1) is 13.9. The fraction of sp³-hybridized carbons (Fsp3) is 0.0952. The Morgan fingerprint density at radius 1 is 1.07 bits per heavy atom. The van der Waals surface area contributed by atoms with Crippen LogP contribution in [0.15, 0.2) is 71.2 Å². The number of allylic oxidation sites excluding steroid dienone is 3. The Morgan fingerprint density at radius 2 is 1.79 bits per heavy atom. The Kier molecular flexibility index (Phi) is 4.53. The maximum atomic E-state index is 13.3. The van der Waals surface area contributed by atoms with Crippen LogP contribution in [-0.4, -0.2) is 28.7 Å². The van der Waals surface area contributed by atoms with E-state index in [2.05, 4.69) is 5.10 Å². The average Bonchev–Trinajstić information content (AvgIpc) is 3.14. The van der Waals surface area contributed by atoms with Crippen LogP contribution in [0.5, 0.6) is 0 Å². The minimum atomic E-state index is -4.10. The van der Waals surface area contributed by atoms with E-state index >= 15 is 0 Å². The number of carboxylic acid groups (broad SMARTS) is 1. The molecule has 1 aliphatic rings. The number of carbonyl (C=O) groups is 1. The molecule has 2 aromatic carbocycles.